The lowest BCUT2D eigenvalue weighted by Crippen LogP contribution is -2.34. The molecule has 2 unspecified atom stereocenters. The molecule has 4 aliphatic rings. The maximum atomic E-state index is 13.1. The lowest BCUT2D eigenvalue weighted by atomic mass is 9.85. The average Bonchev–Trinajstić information content (AvgIpc) is 3.91. The third kappa shape index (κ3) is 7.93. The molecule has 6 aromatic rings. The van der Waals surface area contributed by atoms with Crippen molar-refractivity contribution in [2.24, 2.45) is 37.8 Å². The quantitative estimate of drug-likeness (QED) is 0.154. The summed E-state index contributed by atoms with van der Waals surface area (Å²) in [4.78, 5) is 31.3. The van der Waals surface area contributed by atoms with Gasteiger partial charge in [0.1, 0.15) is 0 Å². The molecule has 4 heterocycles. The first kappa shape index (κ1) is 38.6. The number of benzene rings is 4. The van der Waals surface area contributed by atoms with E-state index in [0.29, 0.717) is 23.4 Å². The first-order chi connectivity index (χ1) is 28.2. The number of Topliss-reactive ketones (excluding diaryl/α,β-unsaturated/α-hetero) is 2. The highest BCUT2D eigenvalue weighted by Crippen LogP contribution is 2.38. The lowest BCUT2D eigenvalue weighted by molar-refractivity contribution is 0.0889. The molecule has 2 fully saturated rings. The van der Waals surface area contributed by atoms with Crippen molar-refractivity contribution in [2.45, 2.75) is 78.3 Å². The van der Waals surface area contributed by atoms with Gasteiger partial charge >= 0.3 is 0 Å². The van der Waals surface area contributed by atoms with E-state index in [1.54, 1.807) is 0 Å². The zero-order valence-electron chi connectivity index (χ0n) is 34.8. The van der Waals surface area contributed by atoms with Crippen molar-refractivity contribution < 1.29 is 9.59 Å². The fourth-order valence-corrected chi connectivity index (χ4v) is 10.6. The van der Waals surface area contributed by atoms with Crippen LogP contribution in [0.5, 0.6) is 0 Å². The molecule has 58 heavy (non-hydrogen) atoms. The molecule has 300 valence electrons. The van der Waals surface area contributed by atoms with Gasteiger partial charge in [0.2, 0.25) is 0 Å². The second-order valence-corrected chi connectivity index (χ2v) is 17.9. The zero-order chi connectivity index (χ0) is 39.9. The molecule has 2 saturated heterocycles. The number of nitrogens with zero attached hydrogens (tertiary/aromatic N) is 6. The minimum Gasteiger partial charge on any atom is -0.299 e. The van der Waals surface area contributed by atoms with Crippen LogP contribution in [0.15, 0.2) is 84.9 Å². The summed E-state index contributed by atoms with van der Waals surface area (Å²) in [6.07, 6.45) is 8.72. The fourth-order valence-electron chi connectivity index (χ4n) is 10.6. The summed E-state index contributed by atoms with van der Waals surface area (Å²) >= 11 is 0. The van der Waals surface area contributed by atoms with E-state index >= 15 is 0 Å². The number of rotatable bonds is 8. The minimum atomic E-state index is 0.167. The van der Waals surface area contributed by atoms with Crippen molar-refractivity contribution in [3.8, 4) is 0 Å². The van der Waals surface area contributed by atoms with Crippen LogP contribution in [0.25, 0.3) is 21.8 Å². The van der Waals surface area contributed by atoms with Crippen molar-refractivity contribution in [1.82, 2.24) is 29.4 Å². The largest absolute Gasteiger partial charge is 0.299 e. The third-order valence-corrected chi connectivity index (χ3v) is 13.9. The highest BCUT2D eigenvalue weighted by molar-refractivity contribution is 6.06. The third-order valence-electron chi connectivity index (χ3n) is 13.9. The number of fused-ring (bicyclic) bond motifs is 4. The van der Waals surface area contributed by atoms with Gasteiger partial charge in [0.25, 0.3) is 0 Å². The molecule has 0 N–H and O–H groups in total. The SMILES string of the molecule is Cc1nn(C)c2cc3c(cc12)C(=O)C(CC1CCN(Cc2ccccc2)CC1)C3.Cc1nn(C)c2cc3c(cc12)CC(CC1CCN(Cc2ccccc2)CC1)C3=O. The predicted molar refractivity (Wildman–Crippen MR) is 232 cm³/mol. The van der Waals surface area contributed by atoms with Gasteiger partial charge in [0.05, 0.1) is 22.4 Å². The highest BCUT2D eigenvalue weighted by atomic mass is 16.1. The monoisotopic (exact) mass is 774 g/mol. The van der Waals surface area contributed by atoms with Crippen molar-refractivity contribution in [2.75, 3.05) is 26.2 Å². The summed E-state index contributed by atoms with van der Waals surface area (Å²) in [5, 5.41) is 11.3. The molecule has 0 radical (unpaired) electrons. The van der Waals surface area contributed by atoms with Gasteiger partial charge in [-0.3, -0.25) is 28.8 Å². The van der Waals surface area contributed by atoms with Gasteiger partial charge in [0, 0.05) is 60.9 Å². The summed E-state index contributed by atoms with van der Waals surface area (Å²) in [5.41, 5.74) is 11.4. The smallest absolute Gasteiger partial charge is 0.166 e. The molecule has 2 aliphatic carbocycles. The molecular weight excluding hydrogens is 717 g/mol. The number of piperidine rings is 2. The van der Waals surface area contributed by atoms with Crippen molar-refractivity contribution in [1.29, 1.82) is 0 Å². The highest BCUT2D eigenvalue weighted by Gasteiger charge is 2.35. The van der Waals surface area contributed by atoms with Crippen LogP contribution in [-0.4, -0.2) is 67.1 Å². The average molecular weight is 775 g/mol. The summed E-state index contributed by atoms with van der Waals surface area (Å²) < 4.78 is 3.83. The number of ketones is 2. The summed E-state index contributed by atoms with van der Waals surface area (Å²) in [7, 11) is 3.95. The van der Waals surface area contributed by atoms with E-state index in [1.165, 1.54) is 53.3 Å². The van der Waals surface area contributed by atoms with Gasteiger partial charge in [-0.05, 0) is 150 Å². The van der Waals surface area contributed by atoms with Crippen LogP contribution in [0.1, 0.15) is 92.9 Å². The van der Waals surface area contributed by atoms with E-state index < -0.39 is 0 Å². The first-order valence-electron chi connectivity index (χ1n) is 21.7. The van der Waals surface area contributed by atoms with Crippen LogP contribution < -0.4 is 0 Å². The maximum absolute atomic E-state index is 13.1. The Morgan fingerprint density at radius 1 is 0.552 bits per heavy atom. The zero-order valence-corrected chi connectivity index (χ0v) is 34.8. The van der Waals surface area contributed by atoms with Gasteiger partial charge in [0.15, 0.2) is 11.6 Å². The number of hydrogen-bond donors (Lipinski definition) is 0. The Kier molecular flexibility index (Phi) is 10.9. The lowest BCUT2D eigenvalue weighted by Gasteiger charge is -2.32. The van der Waals surface area contributed by atoms with Crippen LogP contribution in [0.3, 0.4) is 0 Å². The molecule has 8 heteroatoms. The Morgan fingerprint density at radius 2 is 0.966 bits per heavy atom. The second kappa shape index (κ2) is 16.4. The molecule has 0 amide bonds. The Labute approximate surface area is 343 Å². The number of aromatic nitrogens is 4. The fraction of sp³-hybridized carbons (Fsp3) is 0.440. The van der Waals surface area contributed by atoms with Crippen LogP contribution in [0.2, 0.25) is 0 Å². The first-order valence-corrected chi connectivity index (χ1v) is 21.7. The van der Waals surface area contributed by atoms with Gasteiger partial charge < -0.3 is 0 Å². The minimum absolute atomic E-state index is 0.167. The molecule has 2 aromatic heterocycles. The number of carbonyl (C=O) groups is 2. The Bertz CT molecular complexity index is 2260. The molecular formula is C50H58N6O2. The van der Waals surface area contributed by atoms with Crippen molar-refractivity contribution in [3.63, 3.8) is 0 Å². The van der Waals surface area contributed by atoms with Gasteiger partial charge in [-0.1, -0.05) is 60.7 Å². The van der Waals surface area contributed by atoms with E-state index in [4.69, 9.17) is 0 Å². The molecule has 0 bridgehead atoms. The molecule has 4 aromatic carbocycles. The van der Waals surface area contributed by atoms with Crippen LogP contribution >= 0.6 is 0 Å². The van der Waals surface area contributed by atoms with E-state index in [1.807, 2.05) is 37.3 Å². The van der Waals surface area contributed by atoms with Gasteiger partial charge in [-0.25, -0.2) is 0 Å². The Balaban J connectivity index is 0.000000150. The van der Waals surface area contributed by atoms with E-state index in [0.717, 1.165) is 104 Å². The number of likely N-dealkylation sites (tertiary alicyclic amines) is 2. The van der Waals surface area contributed by atoms with Crippen LogP contribution in [-0.2, 0) is 40.0 Å². The predicted octanol–water partition coefficient (Wildman–Crippen LogP) is 9.08. The summed E-state index contributed by atoms with van der Waals surface area (Å²) in [5.74, 6) is 2.39. The molecule has 0 spiro atoms. The van der Waals surface area contributed by atoms with E-state index in [9.17, 15) is 9.59 Å². The molecule has 10 rings (SSSR count). The topological polar surface area (TPSA) is 76.3 Å². The van der Waals surface area contributed by atoms with Gasteiger partial charge in [-0.2, -0.15) is 10.2 Å². The molecule has 2 aliphatic heterocycles. The standard InChI is InChI=1S/2C25H29N3O/c1-17-22-15-23-20(14-24(22)27(2)26-17)13-21(25(23)29)12-18-8-10-28(11-9-18)16-19-6-4-3-5-7-19;1-17-22-14-20-13-21(25(29)23(20)15-24(22)27(2)26-17)12-18-8-10-28(11-9-18)16-19-6-4-3-5-7-19/h2*3-7,14-15,18,21H,8-13,16H2,1-2H3. The number of aryl methyl sites for hydroxylation is 4. The van der Waals surface area contributed by atoms with Crippen LogP contribution in [0.4, 0.5) is 0 Å². The van der Waals surface area contributed by atoms with Crippen molar-refractivity contribution >= 4 is 33.4 Å². The molecule has 2 atom stereocenters. The van der Waals surface area contributed by atoms with Gasteiger partial charge in [-0.15, -0.1) is 0 Å². The maximum Gasteiger partial charge on any atom is 0.166 e. The number of carbonyl (C=O) groups excluding carboxylic acids is 2. The van der Waals surface area contributed by atoms with E-state index in [2.05, 4.69) is 105 Å². The Morgan fingerprint density at radius 3 is 1.45 bits per heavy atom. The van der Waals surface area contributed by atoms with Crippen LogP contribution in [0, 0.1) is 37.5 Å². The molecule has 8 nitrogen and oxygen atoms in total. The van der Waals surface area contributed by atoms with E-state index in [-0.39, 0.29) is 11.8 Å². The second-order valence-electron chi connectivity index (χ2n) is 17.9. The Hall–Kier alpha value is -4.92. The molecule has 0 saturated carbocycles. The number of hydrogen-bond acceptors (Lipinski definition) is 6. The van der Waals surface area contributed by atoms with Crippen molar-refractivity contribution in [3.05, 3.63) is 130 Å². The normalized spacial score (nSPS) is 20.5. The summed E-state index contributed by atoms with van der Waals surface area (Å²) in [6.45, 7) is 10.7. The summed E-state index contributed by atoms with van der Waals surface area (Å²) in [6, 6.07) is 30.1.